The second-order valence-electron chi connectivity index (χ2n) is 9.36. The zero-order valence-electron chi connectivity index (χ0n) is 19.0. The van der Waals surface area contributed by atoms with E-state index in [0.717, 1.165) is 12.1 Å². The molecule has 2 aliphatic carbocycles. The summed E-state index contributed by atoms with van der Waals surface area (Å²) < 4.78 is 58.8. The van der Waals surface area contributed by atoms with Crippen LogP contribution >= 0.6 is 11.6 Å². The van der Waals surface area contributed by atoms with E-state index in [0.29, 0.717) is 47.9 Å². The summed E-state index contributed by atoms with van der Waals surface area (Å²) in [5.74, 6) is -4.58. The number of amides is 1. The van der Waals surface area contributed by atoms with Crippen molar-refractivity contribution < 1.29 is 22.4 Å². The summed E-state index contributed by atoms with van der Waals surface area (Å²) in [5.41, 5.74) is 6.38. The number of carbonyl (C=O) groups is 1. The van der Waals surface area contributed by atoms with Gasteiger partial charge in [-0.3, -0.25) is 0 Å². The molecule has 0 spiro atoms. The normalized spacial score (nSPS) is 24.1. The van der Waals surface area contributed by atoms with E-state index in [1.807, 2.05) is 4.57 Å². The van der Waals surface area contributed by atoms with Crippen LogP contribution in [0.1, 0.15) is 51.0 Å². The number of rotatable bonds is 6. The average Bonchev–Trinajstić information content (AvgIpc) is 3.34. The molecule has 1 radical (unpaired) electrons. The average molecular weight is 586 g/mol. The fraction of sp³-hybridized carbons (Fsp3) is 0.478. The fourth-order valence-corrected chi connectivity index (χ4v) is 7.41. The van der Waals surface area contributed by atoms with E-state index < -0.39 is 39.4 Å². The molecule has 7 nitrogen and oxygen atoms in total. The second kappa shape index (κ2) is 9.82. The predicted molar refractivity (Wildman–Crippen MR) is 128 cm³/mol. The van der Waals surface area contributed by atoms with Gasteiger partial charge in [0.2, 0.25) is 0 Å². The Kier molecular flexibility index (Phi) is 6.89. The molecule has 0 saturated heterocycles. The van der Waals surface area contributed by atoms with E-state index in [4.69, 9.17) is 17.3 Å². The summed E-state index contributed by atoms with van der Waals surface area (Å²) in [6.07, 6.45) is 3.67. The van der Waals surface area contributed by atoms with E-state index in [9.17, 15) is 22.4 Å². The summed E-state index contributed by atoms with van der Waals surface area (Å²) >= 11 is 4.55. The SMILES string of the molecule is NC(=O)C1CCC(n2c([As]c3c(F)cc(Cl)cc3F)nc3cnc(NC4CCC(F)(F)C4)nc32)CC1. The van der Waals surface area contributed by atoms with Crippen LogP contribution < -0.4 is 20.0 Å². The molecule has 2 saturated carbocycles. The number of benzene rings is 1. The van der Waals surface area contributed by atoms with Gasteiger partial charge in [-0.25, -0.2) is 0 Å². The molecule has 36 heavy (non-hydrogen) atoms. The van der Waals surface area contributed by atoms with Crippen LogP contribution in [-0.4, -0.2) is 53.1 Å². The van der Waals surface area contributed by atoms with Gasteiger partial charge in [-0.2, -0.15) is 0 Å². The van der Waals surface area contributed by atoms with E-state index in [-0.39, 0.29) is 46.0 Å². The molecule has 2 fully saturated rings. The molecule has 2 heterocycles. The Labute approximate surface area is 215 Å². The topological polar surface area (TPSA) is 98.7 Å². The van der Waals surface area contributed by atoms with Crippen LogP contribution in [0.4, 0.5) is 23.5 Å². The molecule has 0 bridgehead atoms. The Balaban J connectivity index is 1.52. The Morgan fingerprint density at radius 2 is 1.83 bits per heavy atom. The van der Waals surface area contributed by atoms with Gasteiger partial charge in [-0.1, -0.05) is 0 Å². The first-order chi connectivity index (χ1) is 17.1. The van der Waals surface area contributed by atoms with E-state index >= 15 is 0 Å². The third-order valence-corrected chi connectivity index (χ3v) is 9.47. The second-order valence-corrected chi connectivity index (χ2v) is 12.0. The first kappa shape index (κ1) is 25.3. The van der Waals surface area contributed by atoms with Gasteiger partial charge in [0.05, 0.1) is 0 Å². The molecule has 13 heteroatoms. The van der Waals surface area contributed by atoms with Gasteiger partial charge in [-0.05, 0) is 0 Å². The summed E-state index contributed by atoms with van der Waals surface area (Å²) in [4.78, 5) is 25.1. The van der Waals surface area contributed by atoms with Crippen molar-refractivity contribution >= 4 is 59.3 Å². The number of halogens is 5. The molecule has 5 rings (SSSR count). The molecule has 1 atom stereocenters. The molecule has 2 aliphatic rings. The molecule has 1 amide bonds. The van der Waals surface area contributed by atoms with Crippen molar-refractivity contribution in [3.05, 3.63) is 35.0 Å². The van der Waals surface area contributed by atoms with Crippen molar-refractivity contribution in [1.29, 1.82) is 0 Å². The number of hydrogen-bond donors (Lipinski definition) is 2. The van der Waals surface area contributed by atoms with Crippen LogP contribution in [0, 0.1) is 17.6 Å². The molecule has 3 aromatic rings. The fourth-order valence-electron chi connectivity index (χ4n) is 4.98. The van der Waals surface area contributed by atoms with Crippen molar-refractivity contribution in [3.8, 4) is 0 Å². The summed E-state index contributed by atoms with van der Waals surface area (Å²) in [5, 5.41) is 2.96. The first-order valence-corrected chi connectivity index (χ1v) is 13.9. The first-order valence-electron chi connectivity index (χ1n) is 11.6. The summed E-state index contributed by atoms with van der Waals surface area (Å²) in [7, 11) is 0. The monoisotopic (exact) mass is 585 g/mol. The maximum absolute atomic E-state index is 14.6. The number of fused-ring (bicyclic) bond motifs is 1. The third-order valence-electron chi connectivity index (χ3n) is 6.81. The molecular weight excluding hydrogens is 563 g/mol. The van der Waals surface area contributed by atoms with Crippen LogP contribution in [0.5, 0.6) is 0 Å². The molecular formula is C23H23AsClF4N6O. The number of hydrogen-bond acceptors (Lipinski definition) is 5. The van der Waals surface area contributed by atoms with Crippen molar-refractivity contribution in [2.24, 2.45) is 11.7 Å². The Morgan fingerprint density at radius 3 is 2.44 bits per heavy atom. The predicted octanol–water partition coefficient (Wildman–Crippen LogP) is 3.23. The molecule has 1 unspecified atom stereocenters. The number of nitrogens with one attached hydrogen (secondary N) is 1. The molecule has 1 aromatic carbocycles. The Bertz CT molecular complexity index is 1290. The van der Waals surface area contributed by atoms with E-state index in [1.165, 1.54) is 6.20 Å². The van der Waals surface area contributed by atoms with Crippen LogP contribution in [0.2, 0.25) is 5.02 Å². The van der Waals surface area contributed by atoms with Crippen molar-refractivity contribution in [3.63, 3.8) is 0 Å². The standard InChI is InChI=1S/C23H23AsClF4N6O/c25-12-7-15(26)18(16(27)8-12)24-21-33-17-10-31-22(32-13-5-6-23(28,29)9-13)34-20(17)35(21)14-3-1-11(2-4-14)19(30)36/h7-8,10-11,13-14H,1-6,9H2,(H2,30,36)(H,31,32,34). The van der Waals surface area contributed by atoms with Gasteiger partial charge >= 0.3 is 216 Å². The number of imidazole rings is 1. The Hall–Kier alpha value is -2.39. The van der Waals surface area contributed by atoms with E-state index in [1.54, 1.807) is 0 Å². The number of anilines is 1. The number of alkyl halides is 2. The number of primary amides is 1. The van der Waals surface area contributed by atoms with Crippen LogP contribution in [0.3, 0.4) is 0 Å². The van der Waals surface area contributed by atoms with Crippen LogP contribution in [-0.2, 0) is 4.79 Å². The molecule has 0 aliphatic heterocycles. The number of carbonyl (C=O) groups excluding carboxylic acids is 1. The van der Waals surface area contributed by atoms with Crippen LogP contribution in [0.25, 0.3) is 11.2 Å². The molecule has 2 aromatic heterocycles. The van der Waals surface area contributed by atoms with Crippen LogP contribution in [0.15, 0.2) is 18.3 Å². The zero-order valence-corrected chi connectivity index (χ0v) is 21.7. The van der Waals surface area contributed by atoms with Gasteiger partial charge in [0.25, 0.3) is 0 Å². The molecule has 3 N–H and O–H groups in total. The quantitative estimate of drug-likeness (QED) is 0.342. The van der Waals surface area contributed by atoms with Gasteiger partial charge in [0, 0.05) is 0 Å². The maximum atomic E-state index is 14.6. The molecule has 191 valence electrons. The van der Waals surface area contributed by atoms with E-state index in [2.05, 4.69) is 20.3 Å². The third kappa shape index (κ3) is 5.18. The minimum atomic E-state index is -2.72. The van der Waals surface area contributed by atoms with Crippen molar-refractivity contribution in [2.75, 3.05) is 5.32 Å². The van der Waals surface area contributed by atoms with Gasteiger partial charge in [-0.15, -0.1) is 0 Å². The Morgan fingerprint density at radius 1 is 1.14 bits per heavy atom. The summed E-state index contributed by atoms with van der Waals surface area (Å²) in [6.45, 7) is 0. The van der Waals surface area contributed by atoms with Crippen molar-refractivity contribution in [2.45, 2.75) is 63.0 Å². The van der Waals surface area contributed by atoms with Crippen molar-refractivity contribution in [1.82, 2.24) is 19.5 Å². The number of nitrogens with two attached hydrogens (primary N) is 1. The number of aromatic nitrogens is 4. The van der Waals surface area contributed by atoms with Gasteiger partial charge in [0.15, 0.2) is 0 Å². The minimum absolute atomic E-state index is 0.0349. The van der Waals surface area contributed by atoms with Gasteiger partial charge in [0.1, 0.15) is 0 Å². The number of nitrogens with zero attached hydrogens (tertiary/aromatic N) is 4. The zero-order chi connectivity index (χ0) is 25.6. The van der Waals surface area contributed by atoms with Gasteiger partial charge < -0.3 is 0 Å². The summed E-state index contributed by atoms with van der Waals surface area (Å²) in [6, 6.07) is 1.57.